The quantitative estimate of drug-likeness (QED) is 0.778. The molecule has 0 spiro atoms. The van der Waals surface area contributed by atoms with Crippen LogP contribution in [0.5, 0.6) is 0 Å². The van der Waals surface area contributed by atoms with Crippen molar-refractivity contribution in [3.05, 3.63) is 23.8 Å². The summed E-state index contributed by atoms with van der Waals surface area (Å²) in [7, 11) is 2.05. The van der Waals surface area contributed by atoms with Gasteiger partial charge in [0.1, 0.15) is 0 Å². The molecule has 0 aliphatic carbocycles. The van der Waals surface area contributed by atoms with Crippen molar-refractivity contribution in [2.45, 2.75) is 26.9 Å². The Kier molecular flexibility index (Phi) is 4.62. The molecule has 0 radical (unpaired) electrons. The third-order valence-corrected chi connectivity index (χ3v) is 2.40. The van der Waals surface area contributed by atoms with Crippen molar-refractivity contribution in [3.8, 4) is 0 Å². The lowest BCUT2D eigenvalue weighted by molar-refractivity contribution is 0.0846. The van der Waals surface area contributed by atoms with E-state index in [-0.39, 0.29) is 6.10 Å². The Bertz CT molecular complexity index is 316. The summed E-state index contributed by atoms with van der Waals surface area (Å²) < 4.78 is 5.52. The van der Waals surface area contributed by atoms with Crippen LogP contribution in [-0.2, 0) is 4.74 Å². The monoisotopic (exact) mass is 222 g/mol. The fourth-order valence-electron chi connectivity index (χ4n) is 1.57. The summed E-state index contributed by atoms with van der Waals surface area (Å²) in [5.41, 5.74) is 8.96. The minimum absolute atomic E-state index is 0.288. The highest BCUT2D eigenvalue weighted by Gasteiger charge is 2.03. The Morgan fingerprint density at radius 3 is 2.56 bits per heavy atom. The summed E-state index contributed by atoms with van der Waals surface area (Å²) >= 11 is 0. The molecule has 0 aliphatic heterocycles. The molecule has 0 amide bonds. The van der Waals surface area contributed by atoms with Gasteiger partial charge in [0, 0.05) is 25.0 Å². The predicted octanol–water partition coefficient (Wildman–Crippen LogP) is 2.44. The zero-order chi connectivity index (χ0) is 12.1. The van der Waals surface area contributed by atoms with Gasteiger partial charge in [0.25, 0.3) is 0 Å². The summed E-state index contributed by atoms with van der Waals surface area (Å²) in [5, 5.41) is 0. The van der Waals surface area contributed by atoms with Gasteiger partial charge in [-0.1, -0.05) is 0 Å². The van der Waals surface area contributed by atoms with Crippen molar-refractivity contribution in [2.75, 3.05) is 30.8 Å². The summed E-state index contributed by atoms with van der Waals surface area (Å²) in [4.78, 5) is 2.16. The highest BCUT2D eigenvalue weighted by molar-refractivity contribution is 5.57. The van der Waals surface area contributed by atoms with Crippen LogP contribution >= 0.6 is 0 Å². The van der Waals surface area contributed by atoms with E-state index in [9.17, 15) is 0 Å². The van der Waals surface area contributed by atoms with Crippen LogP contribution in [0.1, 0.15) is 19.4 Å². The Hall–Kier alpha value is -1.22. The van der Waals surface area contributed by atoms with Crippen LogP contribution < -0.4 is 10.6 Å². The molecule has 0 saturated heterocycles. The second-order valence-electron chi connectivity index (χ2n) is 4.44. The third kappa shape index (κ3) is 4.11. The molecule has 0 bridgehead atoms. The van der Waals surface area contributed by atoms with Gasteiger partial charge < -0.3 is 15.4 Å². The second kappa shape index (κ2) is 5.75. The Morgan fingerprint density at radius 2 is 2.00 bits per heavy atom. The van der Waals surface area contributed by atoms with E-state index in [4.69, 9.17) is 10.5 Å². The van der Waals surface area contributed by atoms with Crippen LogP contribution in [0.2, 0.25) is 0 Å². The van der Waals surface area contributed by atoms with E-state index in [1.807, 2.05) is 26.0 Å². The minimum atomic E-state index is 0.288. The molecule has 0 unspecified atom stereocenters. The largest absolute Gasteiger partial charge is 0.399 e. The van der Waals surface area contributed by atoms with Gasteiger partial charge in [-0.05, 0) is 44.5 Å². The molecule has 3 nitrogen and oxygen atoms in total. The highest BCUT2D eigenvalue weighted by atomic mass is 16.5. The average Bonchev–Trinajstić information content (AvgIpc) is 2.15. The lowest BCUT2D eigenvalue weighted by atomic mass is 10.2. The first-order valence-electron chi connectivity index (χ1n) is 5.69. The molecule has 2 N–H and O–H groups in total. The number of aryl methyl sites for hydroxylation is 1. The molecule has 0 aromatic heterocycles. The van der Waals surface area contributed by atoms with Crippen LogP contribution in [0.4, 0.5) is 11.4 Å². The lowest BCUT2D eigenvalue weighted by Gasteiger charge is -2.21. The van der Waals surface area contributed by atoms with Crippen molar-refractivity contribution in [3.63, 3.8) is 0 Å². The summed E-state index contributed by atoms with van der Waals surface area (Å²) in [6.07, 6.45) is 0.288. The van der Waals surface area contributed by atoms with Crippen LogP contribution in [-0.4, -0.2) is 26.3 Å². The van der Waals surface area contributed by atoms with E-state index in [1.165, 1.54) is 5.56 Å². The van der Waals surface area contributed by atoms with Gasteiger partial charge in [0.2, 0.25) is 0 Å². The van der Waals surface area contributed by atoms with Gasteiger partial charge in [-0.25, -0.2) is 0 Å². The van der Waals surface area contributed by atoms with Gasteiger partial charge >= 0.3 is 0 Å². The van der Waals surface area contributed by atoms with Crippen molar-refractivity contribution < 1.29 is 4.74 Å². The SMILES string of the molecule is Cc1cc(N)cc(N(C)CCOC(C)C)c1. The van der Waals surface area contributed by atoms with E-state index in [2.05, 4.69) is 24.9 Å². The molecule has 3 heteroatoms. The maximum Gasteiger partial charge on any atom is 0.0644 e. The Balaban J connectivity index is 2.55. The van der Waals surface area contributed by atoms with E-state index in [1.54, 1.807) is 0 Å². The molecule has 0 saturated carbocycles. The van der Waals surface area contributed by atoms with Crippen LogP contribution in [0.25, 0.3) is 0 Å². The molecule has 1 rings (SSSR count). The summed E-state index contributed by atoms with van der Waals surface area (Å²) in [5.74, 6) is 0. The van der Waals surface area contributed by atoms with Crippen molar-refractivity contribution >= 4 is 11.4 Å². The van der Waals surface area contributed by atoms with Crippen LogP contribution in [0.3, 0.4) is 0 Å². The summed E-state index contributed by atoms with van der Waals surface area (Å²) in [6.45, 7) is 7.76. The number of benzene rings is 1. The normalized spacial score (nSPS) is 10.8. The molecule has 90 valence electrons. The number of anilines is 2. The number of nitrogen functional groups attached to an aromatic ring is 1. The molecule has 0 atom stereocenters. The Labute approximate surface area is 98.2 Å². The zero-order valence-electron chi connectivity index (χ0n) is 10.7. The fraction of sp³-hybridized carbons (Fsp3) is 0.538. The van der Waals surface area contributed by atoms with Gasteiger partial charge in [0.05, 0.1) is 12.7 Å². The number of hydrogen-bond donors (Lipinski definition) is 1. The molecule has 0 heterocycles. The number of hydrogen-bond acceptors (Lipinski definition) is 3. The van der Waals surface area contributed by atoms with Crippen molar-refractivity contribution in [1.82, 2.24) is 0 Å². The van der Waals surface area contributed by atoms with E-state index < -0.39 is 0 Å². The molecule has 1 aromatic carbocycles. The summed E-state index contributed by atoms with van der Waals surface area (Å²) in [6, 6.07) is 6.09. The topological polar surface area (TPSA) is 38.5 Å². The maximum absolute atomic E-state index is 5.82. The molecule has 0 aliphatic rings. The van der Waals surface area contributed by atoms with E-state index in [0.29, 0.717) is 0 Å². The number of rotatable bonds is 5. The van der Waals surface area contributed by atoms with Crippen LogP contribution in [0, 0.1) is 6.92 Å². The van der Waals surface area contributed by atoms with Gasteiger partial charge in [-0.3, -0.25) is 0 Å². The zero-order valence-corrected chi connectivity index (χ0v) is 10.7. The molecular formula is C13H22N2O. The van der Waals surface area contributed by atoms with Gasteiger partial charge in [0.15, 0.2) is 0 Å². The van der Waals surface area contributed by atoms with Crippen LogP contribution in [0.15, 0.2) is 18.2 Å². The van der Waals surface area contributed by atoms with Gasteiger partial charge in [-0.2, -0.15) is 0 Å². The lowest BCUT2D eigenvalue weighted by Crippen LogP contribution is -2.24. The number of ether oxygens (including phenoxy) is 1. The smallest absolute Gasteiger partial charge is 0.0644 e. The van der Waals surface area contributed by atoms with E-state index >= 15 is 0 Å². The number of nitrogens with two attached hydrogens (primary N) is 1. The molecular weight excluding hydrogens is 200 g/mol. The second-order valence-corrected chi connectivity index (χ2v) is 4.44. The standard InChI is InChI=1S/C13H22N2O/c1-10(2)16-6-5-15(4)13-8-11(3)7-12(14)9-13/h7-10H,5-6,14H2,1-4H3. The average molecular weight is 222 g/mol. The highest BCUT2D eigenvalue weighted by Crippen LogP contribution is 2.18. The number of nitrogens with zero attached hydrogens (tertiary/aromatic N) is 1. The Morgan fingerprint density at radius 1 is 1.31 bits per heavy atom. The molecule has 16 heavy (non-hydrogen) atoms. The molecule has 1 aromatic rings. The predicted molar refractivity (Wildman–Crippen MR) is 69.9 cm³/mol. The van der Waals surface area contributed by atoms with E-state index in [0.717, 1.165) is 24.5 Å². The maximum atomic E-state index is 5.82. The third-order valence-electron chi connectivity index (χ3n) is 2.40. The first-order valence-corrected chi connectivity index (χ1v) is 5.69. The first-order chi connectivity index (χ1) is 7.49. The molecule has 0 fully saturated rings. The number of likely N-dealkylation sites (N-methyl/N-ethyl adjacent to an activating group) is 1. The fourth-order valence-corrected chi connectivity index (χ4v) is 1.57. The van der Waals surface area contributed by atoms with Crippen molar-refractivity contribution in [1.29, 1.82) is 0 Å². The van der Waals surface area contributed by atoms with Gasteiger partial charge in [-0.15, -0.1) is 0 Å². The van der Waals surface area contributed by atoms with Crippen molar-refractivity contribution in [2.24, 2.45) is 0 Å². The minimum Gasteiger partial charge on any atom is -0.399 e. The first kappa shape index (κ1) is 12.8.